The number of amides is 3. The molecule has 0 aromatic heterocycles. The topological polar surface area (TPSA) is 90.5 Å². The summed E-state index contributed by atoms with van der Waals surface area (Å²) in [6.07, 6.45) is 1.70. The van der Waals surface area contributed by atoms with Crippen molar-refractivity contribution in [1.82, 2.24) is 15.5 Å². The number of hydrogen-bond donors (Lipinski definition) is 3. The molecule has 36 heavy (non-hydrogen) atoms. The van der Waals surface area contributed by atoms with Crippen LogP contribution >= 0.6 is 0 Å². The Kier molecular flexibility index (Phi) is 8.83. The number of benzene rings is 3. The minimum atomic E-state index is -0.430. The first-order valence-corrected chi connectivity index (χ1v) is 12.3. The minimum absolute atomic E-state index is 0.0384. The molecule has 7 heteroatoms. The smallest absolute Gasteiger partial charge is 0.251 e. The van der Waals surface area contributed by atoms with Gasteiger partial charge in [0.1, 0.15) is 0 Å². The summed E-state index contributed by atoms with van der Waals surface area (Å²) in [5, 5.41) is 9.05. The molecule has 1 saturated heterocycles. The van der Waals surface area contributed by atoms with Gasteiger partial charge in [0.05, 0.1) is 19.0 Å². The predicted octanol–water partition coefficient (Wildman–Crippen LogP) is 3.77. The molecule has 1 unspecified atom stereocenters. The summed E-state index contributed by atoms with van der Waals surface area (Å²) in [7, 11) is 0. The summed E-state index contributed by atoms with van der Waals surface area (Å²) < 4.78 is 0. The molecule has 0 aliphatic carbocycles. The lowest BCUT2D eigenvalue weighted by Crippen LogP contribution is -2.47. The molecule has 1 aliphatic rings. The number of carbonyl (C=O) groups excluding carboxylic acids is 3. The maximum absolute atomic E-state index is 12.9. The Morgan fingerprint density at radius 3 is 2.00 bits per heavy atom. The number of para-hydroxylation sites is 1. The molecule has 0 saturated carbocycles. The van der Waals surface area contributed by atoms with Gasteiger partial charge in [0.15, 0.2) is 0 Å². The van der Waals surface area contributed by atoms with Crippen molar-refractivity contribution in [1.29, 1.82) is 0 Å². The van der Waals surface area contributed by atoms with Gasteiger partial charge in [0.25, 0.3) is 5.91 Å². The van der Waals surface area contributed by atoms with Crippen LogP contribution in [0.2, 0.25) is 0 Å². The van der Waals surface area contributed by atoms with Crippen LogP contribution in [0.25, 0.3) is 0 Å². The fraction of sp³-hybridized carbons (Fsp3) is 0.276. The largest absolute Gasteiger partial charge is 0.353 e. The van der Waals surface area contributed by atoms with E-state index in [4.69, 9.17) is 0 Å². The van der Waals surface area contributed by atoms with E-state index in [1.54, 1.807) is 12.1 Å². The molecule has 1 fully saturated rings. The number of rotatable bonds is 9. The number of anilines is 1. The molecule has 0 radical (unpaired) electrons. The lowest BCUT2D eigenvalue weighted by molar-refractivity contribution is -0.123. The van der Waals surface area contributed by atoms with Crippen LogP contribution in [0.15, 0.2) is 91.0 Å². The summed E-state index contributed by atoms with van der Waals surface area (Å²) in [4.78, 5) is 40.1. The van der Waals surface area contributed by atoms with Crippen molar-refractivity contribution in [3.05, 3.63) is 102 Å². The zero-order valence-corrected chi connectivity index (χ0v) is 20.2. The van der Waals surface area contributed by atoms with E-state index in [0.717, 1.165) is 37.2 Å². The van der Waals surface area contributed by atoms with Crippen molar-refractivity contribution in [3.63, 3.8) is 0 Å². The van der Waals surface area contributed by atoms with Crippen molar-refractivity contribution < 1.29 is 14.4 Å². The molecule has 3 amide bonds. The normalized spacial score (nSPS) is 15.0. The lowest BCUT2D eigenvalue weighted by Gasteiger charge is -2.32. The van der Waals surface area contributed by atoms with E-state index in [1.807, 2.05) is 78.9 Å². The van der Waals surface area contributed by atoms with Crippen LogP contribution in [0.3, 0.4) is 0 Å². The van der Waals surface area contributed by atoms with Crippen molar-refractivity contribution >= 4 is 23.4 Å². The highest BCUT2D eigenvalue weighted by atomic mass is 16.2. The van der Waals surface area contributed by atoms with Gasteiger partial charge in [-0.05, 0) is 42.7 Å². The van der Waals surface area contributed by atoms with Gasteiger partial charge in [-0.15, -0.1) is 0 Å². The molecule has 186 valence electrons. The molecule has 7 nitrogen and oxygen atoms in total. The number of nitrogens with one attached hydrogen (secondary N) is 3. The number of carbonyl (C=O) groups is 3. The minimum Gasteiger partial charge on any atom is -0.353 e. The van der Waals surface area contributed by atoms with E-state index >= 15 is 0 Å². The first-order chi connectivity index (χ1) is 17.6. The Morgan fingerprint density at radius 1 is 0.778 bits per heavy atom. The molecule has 4 rings (SSSR count). The Hall–Kier alpha value is -3.97. The highest BCUT2D eigenvalue weighted by molar-refractivity contribution is 5.94. The van der Waals surface area contributed by atoms with Gasteiger partial charge in [-0.2, -0.15) is 0 Å². The van der Waals surface area contributed by atoms with E-state index in [2.05, 4.69) is 20.9 Å². The highest BCUT2D eigenvalue weighted by Crippen LogP contribution is 2.19. The van der Waals surface area contributed by atoms with Gasteiger partial charge >= 0.3 is 0 Å². The second-order valence-electron chi connectivity index (χ2n) is 9.04. The fourth-order valence-electron chi connectivity index (χ4n) is 4.40. The average Bonchev–Trinajstić information content (AvgIpc) is 2.91. The molecule has 0 bridgehead atoms. The SMILES string of the molecule is O=C(CN1CCC(NC(=O)CC(NC(=O)c2ccccc2)c2ccccc2)CC1)Nc1ccccc1. The van der Waals surface area contributed by atoms with Gasteiger partial charge < -0.3 is 16.0 Å². The number of nitrogens with zero attached hydrogens (tertiary/aromatic N) is 1. The summed E-state index contributed by atoms with van der Waals surface area (Å²) in [5.41, 5.74) is 2.23. The number of hydrogen-bond acceptors (Lipinski definition) is 4. The Morgan fingerprint density at radius 2 is 1.36 bits per heavy atom. The van der Waals surface area contributed by atoms with Crippen molar-refractivity contribution in [2.75, 3.05) is 25.0 Å². The van der Waals surface area contributed by atoms with Crippen LogP contribution in [0.4, 0.5) is 5.69 Å². The van der Waals surface area contributed by atoms with E-state index in [9.17, 15) is 14.4 Å². The van der Waals surface area contributed by atoms with Crippen molar-refractivity contribution in [2.24, 2.45) is 0 Å². The van der Waals surface area contributed by atoms with E-state index in [-0.39, 0.29) is 30.2 Å². The van der Waals surface area contributed by atoms with Crippen molar-refractivity contribution in [3.8, 4) is 0 Å². The molecule has 3 N–H and O–H groups in total. The van der Waals surface area contributed by atoms with Gasteiger partial charge in [-0.25, -0.2) is 0 Å². The third kappa shape index (κ3) is 7.52. The van der Waals surface area contributed by atoms with Crippen molar-refractivity contribution in [2.45, 2.75) is 31.3 Å². The molecule has 1 heterocycles. The molecular weight excluding hydrogens is 452 g/mol. The second-order valence-corrected chi connectivity index (χ2v) is 9.04. The first kappa shape index (κ1) is 25.1. The summed E-state index contributed by atoms with van der Waals surface area (Å²) >= 11 is 0. The van der Waals surface area contributed by atoms with Gasteiger partial charge in [0, 0.05) is 30.4 Å². The summed E-state index contributed by atoms with van der Waals surface area (Å²) in [5.74, 6) is -0.347. The zero-order valence-electron chi connectivity index (χ0n) is 20.2. The van der Waals surface area contributed by atoms with Crippen LogP contribution in [0.1, 0.15) is 41.2 Å². The van der Waals surface area contributed by atoms with Crippen LogP contribution in [-0.4, -0.2) is 48.3 Å². The zero-order chi connectivity index (χ0) is 25.2. The van der Waals surface area contributed by atoms with E-state index in [1.165, 1.54) is 0 Å². The van der Waals surface area contributed by atoms with E-state index < -0.39 is 6.04 Å². The molecule has 1 aliphatic heterocycles. The average molecular weight is 485 g/mol. The van der Waals surface area contributed by atoms with Crippen LogP contribution in [0.5, 0.6) is 0 Å². The summed E-state index contributed by atoms with van der Waals surface area (Å²) in [6.45, 7) is 1.80. The standard InChI is InChI=1S/C29H32N4O3/c34-27(20-26(22-10-4-1-5-11-22)32-29(36)23-12-6-2-7-13-23)30-25-16-18-33(19-17-25)21-28(35)31-24-14-8-3-9-15-24/h1-15,25-26H,16-21H2,(H,30,34)(H,31,35)(H,32,36). The predicted molar refractivity (Wildman–Crippen MR) is 140 cm³/mol. The number of likely N-dealkylation sites (tertiary alicyclic amines) is 1. The van der Waals surface area contributed by atoms with Crippen LogP contribution < -0.4 is 16.0 Å². The van der Waals surface area contributed by atoms with Gasteiger partial charge in [0.2, 0.25) is 11.8 Å². The third-order valence-corrected chi connectivity index (χ3v) is 6.31. The second kappa shape index (κ2) is 12.7. The van der Waals surface area contributed by atoms with Gasteiger partial charge in [-0.3, -0.25) is 19.3 Å². The van der Waals surface area contributed by atoms with Crippen LogP contribution in [0, 0.1) is 0 Å². The Labute approximate surface area is 211 Å². The fourth-order valence-corrected chi connectivity index (χ4v) is 4.40. The number of piperidine rings is 1. The van der Waals surface area contributed by atoms with Crippen LogP contribution in [-0.2, 0) is 9.59 Å². The molecule has 1 atom stereocenters. The maximum Gasteiger partial charge on any atom is 0.251 e. The highest BCUT2D eigenvalue weighted by Gasteiger charge is 2.24. The molecule has 0 spiro atoms. The Bertz CT molecular complexity index is 1130. The lowest BCUT2D eigenvalue weighted by atomic mass is 10.0. The third-order valence-electron chi connectivity index (χ3n) is 6.31. The maximum atomic E-state index is 12.9. The van der Waals surface area contributed by atoms with E-state index in [0.29, 0.717) is 12.1 Å². The molecule has 3 aromatic rings. The summed E-state index contributed by atoms with van der Waals surface area (Å²) in [6, 6.07) is 27.6. The quantitative estimate of drug-likeness (QED) is 0.431. The monoisotopic (exact) mass is 484 g/mol. The van der Waals surface area contributed by atoms with Gasteiger partial charge in [-0.1, -0.05) is 66.7 Å². The first-order valence-electron chi connectivity index (χ1n) is 12.3. The molecular formula is C29H32N4O3. The Balaban J connectivity index is 1.26. The molecule has 3 aromatic carbocycles.